The molecule has 1 rings (SSSR count). The van der Waals surface area contributed by atoms with Crippen molar-refractivity contribution < 1.29 is 80.2 Å². The van der Waals surface area contributed by atoms with E-state index < -0.39 is 25.9 Å². The molecule has 8 heteroatoms. The quantitative estimate of drug-likeness (QED) is 0.144. The maximum Gasteiger partial charge on any atom is 0 e. The Kier molecular flexibility index (Phi) is 10.3. The van der Waals surface area contributed by atoms with Gasteiger partial charge in [-0.2, -0.15) is 0 Å². The zero-order valence-electron chi connectivity index (χ0n) is 9.71. The summed E-state index contributed by atoms with van der Waals surface area (Å²) in [7, 11) is 1.54. The molecule has 5 atom stereocenters. The molecule has 0 aromatic rings. The molecule has 1 fully saturated rings. The average Bonchev–Trinajstić information content (AvgIpc) is 2.66. The van der Waals surface area contributed by atoms with Crippen molar-refractivity contribution in [3.63, 3.8) is 0 Å². The van der Waals surface area contributed by atoms with E-state index in [9.17, 15) is 0 Å². The van der Waals surface area contributed by atoms with E-state index >= 15 is 0 Å². The monoisotopic (exact) mass is 586 g/mol. The first-order chi connectivity index (χ1) is 7.58. The molecule has 1 saturated heterocycles. The van der Waals surface area contributed by atoms with Crippen LogP contribution in [0, 0.1) is 38.0 Å². The maximum atomic E-state index is 9.10. The molecule has 0 spiro atoms. The third-order valence-corrected chi connectivity index (χ3v) is 3.07. The fraction of sp³-hybridized carbons (Fsp3) is 0.889. The van der Waals surface area contributed by atoms with Crippen molar-refractivity contribution in [3.8, 4) is 0 Å². The molecule has 1 aliphatic rings. The Balaban J connectivity index is 0.00000256. The van der Waals surface area contributed by atoms with Gasteiger partial charge in [-0.25, -0.2) is 0 Å². The number of halogens is 1. The van der Waals surface area contributed by atoms with Gasteiger partial charge in [-0.05, 0) is 0 Å². The van der Waals surface area contributed by atoms with Crippen LogP contribution in [0.25, 0.3) is 0 Å². The van der Waals surface area contributed by atoms with Crippen LogP contribution in [0.15, 0.2) is 0 Å². The number of aliphatic hydroxyl groups is 1. The molecular formula is C9H17IO6U-2. The molecule has 17 heavy (non-hydrogen) atoms. The van der Waals surface area contributed by atoms with Gasteiger partial charge in [0.05, 0.1) is 0 Å². The van der Waals surface area contributed by atoms with Crippen LogP contribution in [-0.4, -0.2) is 51.2 Å². The Hall–Kier alpha value is 1.54. The number of hydrogen-bond donors (Lipinski definition) is 2. The van der Waals surface area contributed by atoms with E-state index in [0.29, 0.717) is 0 Å². The average molecular weight is 586 g/mol. The van der Waals surface area contributed by atoms with Crippen molar-refractivity contribution in [1.82, 2.24) is 0 Å². The van der Waals surface area contributed by atoms with Crippen LogP contribution in [0.2, 0.25) is 0 Å². The zero-order chi connectivity index (χ0) is 12.1. The van der Waals surface area contributed by atoms with Gasteiger partial charge in [-0.1, -0.05) is 0 Å². The predicted octanol–water partition coefficient (Wildman–Crippen LogP) is -3.75. The van der Waals surface area contributed by atoms with E-state index in [1.807, 2.05) is 0 Å². The number of rotatable bonds is 6. The third kappa shape index (κ3) is 6.01. The predicted molar refractivity (Wildman–Crippen MR) is 49.5 cm³/mol. The number of alkyl halides is 1. The van der Waals surface area contributed by atoms with E-state index in [0.717, 1.165) is 0 Å². The van der Waals surface area contributed by atoms with Crippen LogP contribution in [0.5, 0.6) is 0 Å². The summed E-state index contributed by atoms with van der Waals surface area (Å²) in [6, 6.07) is 0. The van der Waals surface area contributed by atoms with E-state index in [1.165, 1.54) is 7.11 Å². The zero-order valence-corrected chi connectivity index (χ0v) is 16.0. The molecular weight excluding hydrogens is 569 g/mol. The molecule has 0 amide bonds. The fourth-order valence-corrected chi connectivity index (χ4v) is 1.83. The molecule has 0 bridgehead atoms. The summed E-state index contributed by atoms with van der Waals surface area (Å²) in [4.78, 5) is 0. The number of aliphatic hydroxyl groups excluding tert-OH is 1. The summed E-state index contributed by atoms with van der Waals surface area (Å²) in [6.45, 7) is 5.70. The van der Waals surface area contributed by atoms with E-state index in [1.54, 1.807) is 6.92 Å². The molecule has 5 unspecified atom stereocenters. The summed E-state index contributed by atoms with van der Waals surface area (Å²) >= 11 is -1.33. The van der Waals surface area contributed by atoms with E-state index in [2.05, 4.69) is 6.92 Å². The van der Waals surface area contributed by atoms with Gasteiger partial charge in [0.1, 0.15) is 0 Å². The van der Waals surface area contributed by atoms with Gasteiger partial charge in [0, 0.05) is 31.1 Å². The topological polar surface area (TPSA) is 77.4 Å². The van der Waals surface area contributed by atoms with Crippen molar-refractivity contribution in [2.75, 3.05) is 13.7 Å². The van der Waals surface area contributed by atoms with Gasteiger partial charge >= 0.3 is 106 Å². The Morgan fingerprint density at radius 1 is 1.47 bits per heavy atom. The van der Waals surface area contributed by atoms with Gasteiger partial charge in [0.15, 0.2) is 0 Å². The molecule has 102 valence electrons. The third-order valence-electron chi connectivity index (χ3n) is 2.23. The Bertz CT molecular complexity index is 210. The molecule has 0 aromatic carbocycles. The summed E-state index contributed by atoms with van der Waals surface area (Å²) in [5.41, 5.74) is 0. The molecule has 1 aliphatic heterocycles. The van der Waals surface area contributed by atoms with Crippen molar-refractivity contribution in [2.45, 2.75) is 35.8 Å². The van der Waals surface area contributed by atoms with Gasteiger partial charge in [-0.15, -0.1) is 0 Å². The second-order valence-corrected chi connectivity index (χ2v) is 4.96. The van der Waals surface area contributed by atoms with Crippen molar-refractivity contribution >= 4 is 0 Å². The van der Waals surface area contributed by atoms with Crippen LogP contribution in [0.3, 0.4) is 0 Å². The number of methoxy groups -OCH3 is 1. The first-order valence-corrected chi connectivity index (χ1v) is 7.03. The summed E-state index contributed by atoms with van der Waals surface area (Å²) in [6.07, 6.45) is -1.38. The summed E-state index contributed by atoms with van der Waals surface area (Å²) in [5, 5.41) is 9.10. The Morgan fingerprint density at radius 3 is 2.65 bits per heavy atom. The first kappa shape index (κ1) is 18.5. The Morgan fingerprint density at radius 2 is 2.12 bits per heavy atom. The molecule has 2 N–H and O–H groups in total. The normalized spacial score (nSPS) is 32.2. The largest absolute Gasteiger partial charge is 0 e. The van der Waals surface area contributed by atoms with Crippen LogP contribution in [0.4, 0.5) is 0 Å². The molecule has 0 aromatic heterocycles. The summed E-state index contributed by atoms with van der Waals surface area (Å²) < 4.78 is 28.6. The van der Waals surface area contributed by atoms with Crippen LogP contribution < -0.4 is 21.6 Å². The van der Waals surface area contributed by atoms with Crippen LogP contribution >= 0.6 is 0 Å². The van der Waals surface area contributed by atoms with Crippen molar-refractivity contribution in [3.05, 3.63) is 6.92 Å². The van der Waals surface area contributed by atoms with Crippen LogP contribution in [0.1, 0.15) is 6.92 Å². The molecule has 0 radical (unpaired) electrons. The summed E-state index contributed by atoms with van der Waals surface area (Å²) in [5.74, 6) is 0. The maximum absolute atomic E-state index is 9.10. The second-order valence-electron chi connectivity index (χ2n) is 3.34. The number of hydrogen-bond acceptors (Lipinski definition) is 6. The fourth-order valence-electron chi connectivity index (χ4n) is 1.46. The molecule has 1 heterocycles. The number of ether oxygens (including phenoxy) is 4. The molecule has 6 nitrogen and oxygen atoms in total. The van der Waals surface area contributed by atoms with Gasteiger partial charge in [-0.3, -0.25) is 0 Å². The van der Waals surface area contributed by atoms with E-state index in [4.69, 9.17) is 27.5 Å². The Labute approximate surface area is 136 Å². The standard InChI is InChI=1S/C9H17IO6.U/c1-5(13-3)8-7(15-6(2)16-8)4-14-9(11)10-12;/h5-9,11-12H,1,4H2,2-3H3;/q-2;. The minimum Gasteiger partial charge on any atom is 0 e. The van der Waals surface area contributed by atoms with Gasteiger partial charge < -0.3 is 0 Å². The first-order valence-electron chi connectivity index (χ1n) is 4.82. The van der Waals surface area contributed by atoms with Crippen LogP contribution in [-0.2, 0) is 18.9 Å². The van der Waals surface area contributed by atoms with E-state index in [-0.39, 0.29) is 62.3 Å². The minimum atomic E-state index is -1.33. The molecule has 0 saturated carbocycles. The smallest absolute Gasteiger partial charge is 0 e. The van der Waals surface area contributed by atoms with Gasteiger partial charge in [0.25, 0.3) is 0 Å². The molecule has 0 aliphatic carbocycles. The van der Waals surface area contributed by atoms with Gasteiger partial charge in [0.2, 0.25) is 0 Å². The minimum absolute atomic E-state index is 0. The van der Waals surface area contributed by atoms with Crippen molar-refractivity contribution in [2.24, 2.45) is 0 Å². The van der Waals surface area contributed by atoms with Crippen molar-refractivity contribution in [1.29, 1.82) is 0 Å². The second kappa shape index (κ2) is 9.45. The SMILES string of the molecule is [CH2-]C(OC)C1OC(C)OC1COC(O)[I-]O.[U].